The molecular formula is C13H20N2O2. The smallest absolute Gasteiger partial charge is 0.115 e. The molecule has 0 amide bonds. The van der Waals surface area contributed by atoms with Crippen molar-refractivity contribution in [3.05, 3.63) is 29.8 Å². The lowest BCUT2D eigenvalue weighted by Crippen LogP contribution is -2.40. The fourth-order valence-electron chi connectivity index (χ4n) is 2.19. The summed E-state index contributed by atoms with van der Waals surface area (Å²) in [4.78, 5) is 0. The molecule has 4 nitrogen and oxygen atoms in total. The summed E-state index contributed by atoms with van der Waals surface area (Å²) in [5.74, 6) is 0.287. The first kappa shape index (κ1) is 12.4. The second kappa shape index (κ2) is 6.00. The molecule has 1 aromatic rings. The lowest BCUT2D eigenvalue weighted by molar-refractivity contribution is 0.0751. The van der Waals surface area contributed by atoms with Crippen molar-refractivity contribution in [3.63, 3.8) is 0 Å². The lowest BCUT2D eigenvalue weighted by atomic mass is 10.0. The van der Waals surface area contributed by atoms with Gasteiger partial charge in [0.05, 0.1) is 0 Å². The molecule has 1 aromatic carbocycles. The highest BCUT2D eigenvalue weighted by molar-refractivity contribution is 5.29. The number of aromatic hydroxyl groups is 1. The van der Waals surface area contributed by atoms with Crippen molar-refractivity contribution in [3.8, 4) is 5.75 Å². The van der Waals surface area contributed by atoms with Crippen LogP contribution in [0.5, 0.6) is 5.75 Å². The Morgan fingerprint density at radius 3 is 2.82 bits per heavy atom. The van der Waals surface area contributed by atoms with Gasteiger partial charge < -0.3 is 20.9 Å². The van der Waals surface area contributed by atoms with Crippen LogP contribution in [0, 0.1) is 0 Å². The molecule has 1 fully saturated rings. The van der Waals surface area contributed by atoms with E-state index in [2.05, 4.69) is 5.32 Å². The summed E-state index contributed by atoms with van der Waals surface area (Å²) in [5.41, 5.74) is 6.84. The number of rotatable bonds is 4. The SMILES string of the molecule is NCC(NC1CCOCC1)c1cccc(O)c1. The summed E-state index contributed by atoms with van der Waals surface area (Å²) in [5, 5.41) is 13.0. The van der Waals surface area contributed by atoms with Crippen LogP contribution < -0.4 is 11.1 Å². The van der Waals surface area contributed by atoms with Crippen molar-refractivity contribution < 1.29 is 9.84 Å². The molecule has 0 aliphatic carbocycles. The second-order valence-electron chi connectivity index (χ2n) is 4.44. The van der Waals surface area contributed by atoms with Crippen LogP contribution in [0.2, 0.25) is 0 Å². The third kappa shape index (κ3) is 3.43. The first-order valence-corrected chi connectivity index (χ1v) is 6.12. The van der Waals surface area contributed by atoms with Crippen LogP contribution >= 0.6 is 0 Å². The standard InChI is InChI=1S/C13H20N2O2/c14-9-13(10-2-1-3-12(16)8-10)15-11-4-6-17-7-5-11/h1-3,8,11,13,15-16H,4-7,9,14H2. The number of hydrogen-bond donors (Lipinski definition) is 3. The predicted molar refractivity (Wildman–Crippen MR) is 66.9 cm³/mol. The first-order chi connectivity index (χ1) is 8.29. The average Bonchev–Trinajstić information content (AvgIpc) is 2.37. The average molecular weight is 236 g/mol. The zero-order valence-electron chi connectivity index (χ0n) is 9.93. The molecular weight excluding hydrogens is 216 g/mol. The maximum atomic E-state index is 9.47. The van der Waals surface area contributed by atoms with E-state index in [1.54, 1.807) is 12.1 Å². The summed E-state index contributed by atoms with van der Waals surface area (Å²) in [6, 6.07) is 7.84. The summed E-state index contributed by atoms with van der Waals surface area (Å²) in [6.45, 7) is 2.16. The molecule has 0 spiro atoms. The summed E-state index contributed by atoms with van der Waals surface area (Å²) in [7, 11) is 0. The van der Waals surface area contributed by atoms with Gasteiger partial charge in [0.2, 0.25) is 0 Å². The minimum Gasteiger partial charge on any atom is -0.508 e. The molecule has 1 aliphatic heterocycles. The monoisotopic (exact) mass is 236 g/mol. The summed E-state index contributed by atoms with van der Waals surface area (Å²) >= 11 is 0. The van der Waals surface area contributed by atoms with Gasteiger partial charge in [-0.2, -0.15) is 0 Å². The summed E-state index contributed by atoms with van der Waals surface area (Å²) < 4.78 is 5.33. The van der Waals surface area contributed by atoms with E-state index in [0.717, 1.165) is 31.6 Å². The highest BCUT2D eigenvalue weighted by Crippen LogP contribution is 2.19. The number of ether oxygens (including phenoxy) is 1. The van der Waals surface area contributed by atoms with Crippen LogP contribution in [0.15, 0.2) is 24.3 Å². The molecule has 1 unspecified atom stereocenters. The van der Waals surface area contributed by atoms with Gasteiger partial charge in [0.1, 0.15) is 5.75 Å². The minimum atomic E-state index is 0.102. The van der Waals surface area contributed by atoms with E-state index in [0.29, 0.717) is 12.6 Å². The van der Waals surface area contributed by atoms with E-state index in [-0.39, 0.29) is 11.8 Å². The van der Waals surface area contributed by atoms with Gasteiger partial charge in [-0.05, 0) is 30.5 Å². The quantitative estimate of drug-likeness (QED) is 0.734. The molecule has 94 valence electrons. The van der Waals surface area contributed by atoms with Crippen molar-refractivity contribution in [2.75, 3.05) is 19.8 Å². The van der Waals surface area contributed by atoms with Crippen LogP contribution in [0.25, 0.3) is 0 Å². The molecule has 0 aromatic heterocycles. The van der Waals surface area contributed by atoms with E-state index in [1.807, 2.05) is 12.1 Å². The highest BCUT2D eigenvalue weighted by Gasteiger charge is 2.18. The first-order valence-electron chi connectivity index (χ1n) is 6.12. The normalized spacial score (nSPS) is 19.1. The molecule has 2 rings (SSSR count). The van der Waals surface area contributed by atoms with Gasteiger partial charge >= 0.3 is 0 Å². The van der Waals surface area contributed by atoms with E-state index in [1.165, 1.54) is 0 Å². The van der Waals surface area contributed by atoms with Crippen molar-refractivity contribution in [1.82, 2.24) is 5.32 Å². The zero-order chi connectivity index (χ0) is 12.1. The van der Waals surface area contributed by atoms with E-state index in [9.17, 15) is 5.11 Å². The van der Waals surface area contributed by atoms with E-state index >= 15 is 0 Å². The molecule has 0 radical (unpaired) electrons. The van der Waals surface area contributed by atoms with Crippen LogP contribution in [-0.4, -0.2) is 30.9 Å². The number of hydrogen-bond acceptors (Lipinski definition) is 4. The Labute approximate surface area is 102 Å². The third-order valence-corrected chi connectivity index (χ3v) is 3.17. The molecule has 0 bridgehead atoms. The van der Waals surface area contributed by atoms with Gasteiger partial charge in [0.15, 0.2) is 0 Å². The maximum Gasteiger partial charge on any atom is 0.115 e. The van der Waals surface area contributed by atoms with Crippen molar-refractivity contribution >= 4 is 0 Å². The van der Waals surface area contributed by atoms with Crippen LogP contribution in [0.4, 0.5) is 0 Å². The number of nitrogens with one attached hydrogen (secondary N) is 1. The molecule has 1 atom stereocenters. The Kier molecular flexibility index (Phi) is 4.36. The number of nitrogens with two attached hydrogens (primary N) is 1. The van der Waals surface area contributed by atoms with Crippen LogP contribution in [-0.2, 0) is 4.74 Å². The lowest BCUT2D eigenvalue weighted by Gasteiger charge is -2.28. The van der Waals surface area contributed by atoms with E-state index < -0.39 is 0 Å². The molecule has 1 heterocycles. The number of benzene rings is 1. The molecule has 17 heavy (non-hydrogen) atoms. The molecule has 4 heteroatoms. The Hall–Kier alpha value is -1.10. The van der Waals surface area contributed by atoms with Crippen molar-refractivity contribution in [2.45, 2.75) is 24.9 Å². The van der Waals surface area contributed by atoms with Crippen LogP contribution in [0.3, 0.4) is 0 Å². The third-order valence-electron chi connectivity index (χ3n) is 3.17. The Morgan fingerprint density at radius 1 is 1.41 bits per heavy atom. The van der Waals surface area contributed by atoms with E-state index in [4.69, 9.17) is 10.5 Å². The fourth-order valence-corrected chi connectivity index (χ4v) is 2.19. The zero-order valence-corrected chi connectivity index (χ0v) is 9.93. The Bertz CT molecular complexity index is 351. The topological polar surface area (TPSA) is 67.5 Å². The molecule has 4 N–H and O–H groups in total. The van der Waals surface area contributed by atoms with Gasteiger partial charge in [-0.3, -0.25) is 0 Å². The maximum absolute atomic E-state index is 9.47. The minimum absolute atomic E-state index is 0.102. The van der Waals surface area contributed by atoms with Crippen LogP contribution in [0.1, 0.15) is 24.4 Å². The summed E-state index contributed by atoms with van der Waals surface area (Å²) in [6.07, 6.45) is 2.05. The largest absolute Gasteiger partial charge is 0.508 e. The Balaban J connectivity index is 2.00. The predicted octanol–water partition coefficient (Wildman–Crippen LogP) is 1.16. The van der Waals surface area contributed by atoms with Crippen molar-refractivity contribution in [2.24, 2.45) is 5.73 Å². The highest BCUT2D eigenvalue weighted by atomic mass is 16.5. The second-order valence-corrected chi connectivity index (χ2v) is 4.44. The van der Waals surface area contributed by atoms with Crippen molar-refractivity contribution in [1.29, 1.82) is 0 Å². The number of phenols is 1. The number of phenolic OH excluding ortho intramolecular Hbond substituents is 1. The molecule has 0 saturated carbocycles. The van der Waals surface area contributed by atoms with Gasteiger partial charge in [-0.25, -0.2) is 0 Å². The van der Waals surface area contributed by atoms with Gasteiger partial charge in [-0.15, -0.1) is 0 Å². The molecule has 1 saturated heterocycles. The molecule has 1 aliphatic rings. The van der Waals surface area contributed by atoms with Gasteiger partial charge in [0.25, 0.3) is 0 Å². The van der Waals surface area contributed by atoms with Gasteiger partial charge in [-0.1, -0.05) is 12.1 Å². The fraction of sp³-hybridized carbons (Fsp3) is 0.538. The van der Waals surface area contributed by atoms with Gasteiger partial charge in [0, 0.05) is 31.8 Å². The Morgan fingerprint density at radius 2 is 2.18 bits per heavy atom.